The lowest BCUT2D eigenvalue weighted by atomic mass is 10.3. The molecule has 0 radical (unpaired) electrons. The number of hydrogen-bond donors (Lipinski definition) is 1. The first kappa shape index (κ1) is 11.9. The van der Waals surface area contributed by atoms with E-state index >= 15 is 0 Å². The Morgan fingerprint density at radius 1 is 1.53 bits per heavy atom. The van der Waals surface area contributed by atoms with Gasteiger partial charge in [0.2, 0.25) is 5.88 Å². The third kappa shape index (κ3) is 2.76. The van der Waals surface area contributed by atoms with E-state index in [1.54, 1.807) is 13.1 Å². The molecule has 1 N–H and O–H groups in total. The molecule has 1 aromatic rings. The molecular weight excluding hydrogens is 222 g/mol. The fraction of sp³-hybridized carbons (Fsp3) is 0.636. The van der Waals surface area contributed by atoms with Crippen LogP contribution in [-0.2, 0) is 11.9 Å². The van der Waals surface area contributed by atoms with Gasteiger partial charge in [-0.2, -0.15) is 5.10 Å². The molecule has 94 valence electrons. The van der Waals surface area contributed by atoms with Gasteiger partial charge in [-0.05, 0) is 12.8 Å². The number of nitrogens with zero attached hydrogens (tertiary/aromatic N) is 2. The second-order valence-corrected chi connectivity index (χ2v) is 4.15. The van der Waals surface area contributed by atoms with Gasteiger partial charge in [0.05, 0.1) is 13.2 Å². The Labute approximate surface area is 99.8 Å². The number of methoxy groups -OCH3 is 1. The van der Waals surface area contributed by atoms with Gasteiger partial charge >= 0.3 is 0 Å². The van der Waals surface area contributed by atoms with E-state index in [0.29, 0.717) is 11.6 Å². The van der Waals surface area contributed by atoms with E-state index in [9.17, 15) is 4.79 Å². The van der Waals surface area contributed by atoms with Gasteiger partial charge < -0.3 is 4.74 Å². The summed E-state index contributed by atoms with van der Waals surface area (Å²) in [7, 11) is 3.25. The Morgan fingerprint density at radius 3 is 2.82 bits per heavy atom. The molecule has 0 aliphatic heterocycles. The van der Waals surface area contributed by atoms with Gasteiger partial charge in [0.25, 0.3) is 5.91 Å². The van der Waals surface area contributed by atoms with E-state index in [1.807, 2.05) is 0 Å². The Morgan fingerprint density at radius 2 is 2.24 bits per heavy atom. The van der Waals surface area contributed by atoms with Crippen molar-refractivity contribution in [3.05, 3.63) is 11.8 Å². The van der Waals surface area contributed by atoms with Gasteiger partial charge in [-0.15, -0.1) is 0 Å². The van der Waals surface area contributed by atoms with Crippen molar-refractivity contribution in [3.63, 3.8) is 0 Å². The predicted octanol–water partition coefficient (Wildman–Crippen LogP) is 1.03. The van der Waals surface area contributed by atoms with Gasteiger partial charge in [-0.25, -0.2) is 10.2 Å². The number of aryl methyl sites for hydroxylation is 1. The molecule has 1 amide bonds. The first-order valence-corrected chi connectivity index (χ1v) is 5.74. The number of carbonyl (C=O) groups is 1. The second-order valence-electron chi connectivity index (χ2n) is 4.15. The van der Waals surface area contributed by atoms with Gasteiger partial charge in [0.1, 0.15) is 0 Å². The van der Waals surface area contributed by atoms with Gasteiger partial charge in [0.15, 0.2) is 5.69 Å². The van der Waals surface area contributed by atoms with Crippen LogP contribution in [0.25, 0.3) is 0 Å². The van der Waals surface area contributed by atoms with Crippen LogP contribution in [0.3, 0.4) is 0 Å². The SMILES string of the molecule is COc1cc(C(=O)NOC2CCCC2)nn1C. The fourth-order valence-corrected chi connectivity index (χ4v) is 1.95. The van der Waals surface area contributed by atoms with Crippen molar-refractivity contribution >= 4 is 5.91 Å². The zero-order valence-corrected chi connectivity index (χ0v) is 10.1. The molecule has 0 aromatic carbocycles. The molecule has 1 fully saturated rings. The summed E-state index contributed by atoms with van der Waals surface area (Å²) in [5.41, 5.74) is 2.73. The minimum Gasteiger partial charge on any atom is -0.481 e. The Bertz CT molecular complexity index is 397. The Balaban J connectivity index is 1.89. The van der Waals surface area contributed by atoms with Gasteiger partial charge in [-0.3, -0.25) is 9.63 Å². The number of hydrogen-bond acceptors (Lipinski definition) is 4. The van der Waals surface area contributed by atoms with Crippen molar-refractivity contribution < 1.29 is 14.4 Å². The van der Waals surface area contributed by atoms with E-state index in [4.69, 9.17) is 9.57 Å². The molecule has 1 aliphatic carbocycles. The number of aromatic nitrogens is 2. The van der Waals surface area contributed by atoms with E-state index in [1.165, 1.54) is 11.8 Å². The van der Waals surface area contributed by atoms with Crippen molar-refractivity contribution in [2.45, 2.75) is 31.8 Å². The lowest BCUT2D eigenvalue weighted by Crippen LogP contribution is -2.28. The van der Waals surface area contributed by atoms with Gasteiger partial charge in [-0.1, -0.05) is 12.8 Å². The Hall–Kier alpha value is -1.56. The molecule has 6 nitrogen and oxygen atoms in total. The molecular formula is C11H17N3O3. The van der Waals surface area contributed by atoms with Crippen molar-refractivity contribution in [1.29, 1.82) is 0 Å². The third-order valence-electron chi connectivity index (χ3n) is 2.90. The smallest absolute Gasteiger partial charge is 0.295 e. The van der Waals surface area contributed by atoms with Crippen LogP contribution in [0.1, 0.15) is 36.2 Å². The quantitative estimate of drug-likeness (QED) is 0.797. The molecule has 2 rings (SSSR count). The highest BCUT2D eigenvalue weighted by molar-refractivity contribution is 5.91. The molecule has 0 unspecified atom stereocenters. The van der Waals surface area contributed by atoms with Crippen LogP contribution in [0.2, 0.25) is 0 Å². The summed E-state index contributed by atoms with van der Waals surface area (Å²) < 4.78 is 6.54. The minimum absolute atomic E-state index is 0.143. The minimum atomic E-state index is -0.337. The summed E-state index contributed by atoms with van der Waals surface area (Å²) in [6.07, 6.45) is 4.48. The van der Waals surface area contributed by atoms with Crippen LogP contribution in [0.4, 0.5) is 0 Å². The number of amides is 1. The van der Waals surface area contributed by atoms with Crippen LogP contribution in [-0.4, -0.2) is 28.9 Å². The topological polar surface area (TPSA) is 65.4 Å². The number of rotatable bonds is 4. The summed E-state index contributed by atoms with van der Waals surface area (Å²) >= 11 is 0. The molecule has 0 saturated heterocycles. The molecule has 0 bridgehead atoms. The molecule has 0 spiro atoms. The van der Waals surface area contributed by atoms with E-state index in [-0.39, 0.29) is 12.0 Å². The highest BCUT2D eigenvalue weighted by Crippen LogP contribution is 2.20. The highest BCUT2D eigenvalue weighted by Gasteiger charge is 2.19. The zero-order valence-electron chi connectivity index (χ0n) is 10.1. The van der Waals surface area contributed by atoms with Gasteiger partial charge in [0, 0.05) is 13.1 Å². The van der Waals surface area contributed by atoms with Crippen LogP contribution >= 0.6 is 0 Å². The van der Waals surface area contributed by atoms with Crippen molar-refractivity contribution in [2.75, 3.05) is 7.11 Å². The first-order chi connectivity index (χ1) is 8.20. The van der Waals surface area contributed by atoms with Crippen molar-refractivity contribution in [3.8, 4) is 5.88 Å². The fourth-order valence-electron chi connectivity index (χ4n) is 1.95. The average Bonchev–Trinajstić information content (AvgIpc) is 2.94. The summed E-state index contributed by atoms with van der Waals surface area (Å²) in [5.74, 6) is 0.201. The maximum Gasteiger partial charge on any atom is 0.295 e. The van der Waals surface area contributed by atoms with Crippen molar-refractivity contribution in [1.82, 2.24) is 15.3 Å². The molecule has 0 atom stereocenters. The normalized spacial score (nSPS) is 16.1. The van der Waals surface area contributed by atoms with Crippen molar-refractivity contribution in [2.24, 2.45) is 7.05 Å². The Kier molecular flexibility index (Phi) is 3.63. The maximum atomic E-state index is 11.7. The van der Waals surface area contributed by atoms with Crippen LogP contribution in [0.5, 0.6) is 5.88 Å². The first-order valence-electron chi connectivity index (χ1n) is 5.74. The number of carbonyl (C=O) groups excluding carboxylic acids is 1. The monoisotopic (exact) mass is 239 g/mol. The van der Waals surface area contributed by atoms with Crippen LogP contribution in [0, 0.1) is 0 Å². The largest absolute Gasteiger partial charge is 0.481 e. The molecule has 17 heavy (non-hydrogen) atoms. The van der Waals surface area contributed by atoms with Crippen LogP contribution in [0.15, 0.2) is 6.07 Å². The van der Waals surface area contributed by atoms with E-state index in [2.05, 4.69) is 10.6 Å². The standard InChI is InChI=1S/C11H17N3O3/c1-14-10(16-2)7-9(12-14)11(15)13-17-8-5-3-4-6-8/h7-8H,3-6H2,1-2H3,(H,13,15). The van der Waals surface area contributed by atoms with E-state index < -0.39 is 0 Å². The molecule has 1 heterocycles. The number of ether oxygens (including phenoxy) is 1. The average molecular weight is 239 g/mol. The molecule has 1 aromatic heterocycles. The summed E-state index contributed by atoms with van der Waals surface area (Å²) in [5, 5.41) is 4.03. The highest BCUT2D eigenvalue weighted by atomic mass is 16.7. The lowest BCUT2D eigenvalue weighted by molar-refractivity contribution is -0.0128. The third-order valence-corrected chi connectivity index (χ3v) is 2.90. The lowest BCUT2D eigenvalue weighted by Gasteiger charge is -2.09. The zero-order chi connectivity index (χ0) is 12.3. The molecule has 1 saturated carbocycles. The number of hydroxylamine groups is 1. The predicted molar refractivity (Wildman–Crippen MR) is 60.6 cm³/mol. The molecule has 6 heteroatoms. The maximum absolute atomic E-state index is 11.7. The summed E-state index contributed by atoms with van der Waals surface area (Å²) in [6.45, 7) is 0. The second kappa shape index (κ2) is 5.18. The van der Waals surface area contributed by atoms with Crippen LogP contribution < -0.4 is 10.2 Å². The number of nitrogens with one attached hydrogen (secondary N) is 1. The molecule has 1 aliphatic rings. The van der Waals surface area contributed by atoms with E-state index in [0.717, 1.165) is 25.7 Å². The summed E-state index contributed by atoms with van der Waals surface area (Å²) in [6, 6.07) is 1.58. The summed E-state index contributed by atoms with van der Waals surface area (Å²) in [4.78, 5) is 17.0.